The van der Waals surface area contributed by atoms with E-state index in [0.29, 0.717) is 35.1 Å². The lowest BCUT2D eigenvalue weighted by Gasteiger charge is -2.10. The van der Waals surface area contributed by atoms with Crippen molar-refractivity contribution in [3.63, 3.8) is 0 Å². The van der Waals surface area contributed by atoms with E-state index in [-0.39, 0.29) is 0 Å². The van der Waals surface area contributed by atoms with E-state index in [2.05, 4.69) is 29.9 Å². The number of hydrogen-bond acceptors (Lipinski definition) is 6. The molecular formula is C18H19ClN6OS. The van der Waals surface area contributed by atoms with Crippen LogP contribution < -0.4 is 4.74 Å². The van der Waals surface area contributed by atoms with Gasteiger partial charge >= 0.3 is 0 Å². The van der Waals surface area contributed by atoms with Gasteiger partial charge in [-0.1, -0.05) is 35.5 Å². The molecule has 0 unspecified atom stereocenters. The Morgan fingerprint density at radius 1 is 1.19 bits per heavy atom. The number of H-pyrrole nitrogens is 1. The summed E-state index contributed by atoms with van der Waals surface area (Å²) >= 11 is 7.80. The Balaban J connectivity index is 1.27. The van der Waals surface area contributed by atoms with Gasteiger partial charge in [0.25, 0.3) is 0 Å². The molecule has 1 N–H and O–H groups in total. The van der Waals surface area contributed by atoms with Gasteiger partial charge in [-0.2, -0.15) is 5.10 Å². The van der Waals surface area contributed by atoms with Crippen LogP contribution in [0.4, 0.5) is 0 Å². The maximum absolute atomic E-state index is 6.17. The summed E-state index contributed by atoms with van der Waals surface area (Å²) in [6.07, 6.45) is 4.71. The highest BCUT2D eigenvalue weighted by Crippen LogP contribution is 2.40. The summed E-state index contributed by atoms with van der Waals surface area (Å²) in [6, 6.07) is 7.92. The van der Waals surface area contributed by atoms with Crippen LogP contribution in [0.25, 0.3) is 0 Å². The summed E-state index contributed by atoms with van der Waals surface area (Å²) in [4.78, 5) is 4.59. The van der Waals surface area contributed by atoms with E-state index >= 15 is 0 Å². The first-order valence-corrected chi connectivity index (χ1v) is 10.5. The number of nitrogens with zero attached hydrogens (tertiary/aromatic N) is 5. The summed E-state index contributed by atoms with van der Waals surface area (Å²) in [6.45, 7) is 0.349. The molecule has 0 bridgehead atoms. The van der Waals surface area contributed by atoms with Crippen LogP contribution >= 0.6 is 23.4 Å². The van der Waals surface area contributed by atoms with E-state index in [1.807, 2.05) is 24.3 Å². The molecule has 2 aliphatic rings. The molecule has 2 fully saturated rings. The Morgan fingerprint density at radius 3 is 2.81 bits per heavy atom. The van der Waals surface area contributed by atoms with Crippen LogP contribution in [0.3, 0.4) is 0 Å². The Bertz CT molecular complexity index is 949. The molecule has 2 aromatic heterocycles. The van der Waals surface area contributed by atoms with Gasteiger partial charge < -0.3 is 4.74 Å². The predicted molar refractivity (Wildman–Crippen MR) is 102 cm³/mol. The first kappa shape index (κ1) is 17.1. The SMILES string of the molecule is Clc1ccccc1OCc1nnc(SCc2nc(C3CC3)n[nH]2)n1C1CC1. The van der Waals surface area contributed by atoms with Crippen molar-refractivity contribution in [3.8, 4) is 5.75 Å². The minimum absolute atomic E-state index is 0.349. The summed E-state index contributed by atoms with van der Waals surface area (Å²) in [5.41, 5.74) is 0. The molecule has 2 heterocycles. The van der Waals surface area contributed by atoms with Gasteiger partial charge in [-0.3, -0.25) is 9.67 Å². The first-order chi connectivity index (χ1) is 13.3. The zero-order valence-corrected chi connectivity index (χ0v) is 16.2. The number of ether oxygens (including phenoxy) is 1. The Kier molecular flexibility index (Phi) is 4.53. The fourth-order valence-electron chi connectivity index (χ4n) is 2.94. The van der Waals surface area contributed by atoms with Crippen molar-refractivity contribution in [1.82, 2.24) is 29.9 Å². The monoisotopic (exact) mass is 402 g/mol. The zero-order chi connectivity index (χ0) is 18.2. The van der Waals surface area contributed by atoms with E-state index < -0.39 is 0 Å². The van der Waals surface area contributed by atoms with Crippen LogP contribution in [-0.2, 0) is 12.4 Å². The zero-order valence-electron chi connectivity index (χ0n) is 14.6. The number of benzene rings is 1. The maximum atomic E-state index is 6.17. The fourth-order valence-corrected chi connectivity index (χ4v) is 4.02. The van der Waals surface area contributed by atoms with Crippen LogP contribution in [0.1, 0.15) is 55.1 Å². The van der Waals surface area contributed by atoms with E-state index in [0.717, 1.165) is 35.5 Å². The lowest BCUT2D eigenvalue weighted by molar-refractivity contribution is 0.288. The molecule has 0 saturated heterocycles. The van der Waals surface area contributed by atoms with Crippen molar-refractivity contribution in [2.45, 2.75) is 55.2 Å². The van der Waals surface area contributed by atoms with Crippen LogP contribution in [0.2, 0.25) is 5.02 Å². The van der Waals surface area contributed by atoms with Gasteiger partial charge in [0.15, 0.2) is 16.8 Å². The summed E-state index contributed by atoms with van der Waals surface area (Å²) in [5.74, 6) is 4.59. The molecule has 2 aliphatic carbocycles. The average Bonchev–Trinajstić information content (AvgIpc) is 3.61. The first-order valence-electron chi connectivity index (χ1n) is 9.13. The molecular weight excluding hydrogens is 384 g/mol. The van der Waals surface area contributed by atoms with Gasteiger partial charge in [-0.25, -0.2) is 4.98 Å². The Morgan fingerprint density at radius 2 is 2.04 bits per heavy atom. The molecule has 0 amide bonds. The molecule has 0 atom stereocenters. The number of aromatic nitrogens is 6. The lowest BCUT2D eigenvalue weighted by Crippen LogP contribution is -2.07. The molecule has 3 aromatic rings. The predicted octanol–water partition coefficient (Wildman–Crippen LogP) is 4.13. The minimum atomic E-state index is 0.349. The van der Waals surface area contributed by atoms with Crippen molar-refractivity contribution in [3.05, 3.63) is 46.8 Å². The van der Waals surface area contributed by atoms with Crippen molar-refractivity contribution >= 4 is 23.4 Å². The van der Waals surface area contributed by atoms with Crippen LogP contribution in [-0.4, -0.2) is 29.9 Å². The summed E-state index contributed by atoms with van der Waals surface area (Å²) < 4.78 is 8.06. The number of thioether (sulfide) groups is 1. The molecule has 9 heteroatoms. The second-order valence-corrected chi connectivity index (χ2v) is 8.27. The van der Waals surface area contributed by atoms with E-state index in [1.54, 1.807) is 11.8 Å². The molecule has 140 valence electrons. The van der Waals surface area contributed by atoms with Crippen LogP contribution in [0, 0.1) is 0 Å². The second kappa shape index (κ2) is 7.16. The highest BCUT2D eigenvalue weighted by atomic mass is 35.5. The van der Waals surface area contributed by atoms with Crippen molar-refractivity contribution in [2.24, 2.45) is 0 Å². The Labute approximate surface area is 165 Å². The van der Waals surface area contributed by atoms with Gasteiger partial charge in [0, 0.05) is 12.0 Å². The summed E-state index contributed by atoms with van der Waals surface area (Å²) in [7, 11) is 0. The van der Waals surface area contributed by atoms with Gasteiger partial charge in [0.1, 0.15) is 18.2 Å². The quantitative estimate of drug-likeness (QED) is 0.570. The van der Waals surface area contributed by atoms with Crippen LogP contribution in [0.15, 0.2) is 29.4 Å². The third kappa shape index (κ3) is 3.82. The normalized spacial score (nSPS) is 16.6. The number of nitrogens with one attached hydrogen (secondary N) is 1. The third-order valence-electron chi connectivity index (χ3n) is 4.67. The third-order valence-corrected chi connectivity index (χ3v) is 5.94. The molecule has 2 saturated carbocycles. The molecule has 5 rings (SSSR count). The van der Waals surface area contributed by atoms with E-state index in [1.165, 1.54) is 12.8 Å². The molecule has 27 heavy (non-hydrogen) atoms. The number of para-hydroxylation sites is 1. The van der Waals surface area contributed by atoms with Crippen LogP contribution in [0.5, 0.6) is 5.75 Å². The van der Waals surface area contributed by atoms with E-state index in [4.69, 9.17) is 16.3 Å². The number of hydrogen-bond donors (Lipinski definition) is 1. The minimum Gasteiger partial charge on any atom is -0.484 e. The highest BCUT2D eigenvalue weighted by molar-refractivity contribution is 7.98. The largest absolute Gasteiger partial charge is 0.484 e. The second-order valence-electron chi connectivity index (χ2n) is 6.92. The topological polar surface area (TPSA) is 81.5 Å². The lowest BCUT2D eigenvalue weighted by atomic mass is 10.3. The molecule has 0 radical (unpaired) electrons. The Hall–Kier alpha value is -2.06. The van der Waals surface area contributed by atoms with Gasteiger partial charge in [0.2, 0.25) is 0 Å². The number of rotatable bonds is 8. The highest BCUT2D eigenvalue weighted by Gasteiger charge is 2.30. The fraction of sp³-hybridized carbons (Fsp3) is 0.444. The standard InChI is InChI=1S/C18H19ClN6OS/c19-13-3-1-2-4-14(13)26-9-16-22-24-18(25(16)12-7-8-12)27-10-15-20-17(23-21-15)11-5-6-11/h1-4,11-12H,5-10H2,(H,20,21,23). The number of halogens is 1. The van der Waals surface area contributed by atoms with Crippen molar-refractivity contribution in [1.29, 1.82) is 0 Å². The van der Waals surface area contributed by atoms with Gasteiger partial charge in [0.05, 0.1) is 10.8 Å². The van der Waals surface area contributed by atoms with Crippen molar-refractivity contribution < 1.29 is 4.74 Å². The molecule has 7 nitrogen and oxygen atoms in total. The maximum Gasteiger partial charge on any atom is 0.192 e. The summed E-state index contributed by atoms with van der Waals surface area (Å²) in [5, 5.41) is 17.6. The molecule has 0 spiro atoms. The molecule has 1 aromatic carbocycles. The average molecular weight is 403 g/mol. The smallest absolute Gasteiger partial charge is 0.192 e. The van der Waals surface area contributed by atoms with E-state index in [9.17, 15) is 0 Å². The van der Waals surface area contributed by atoms with Crippen molar-refractivity contribution in [2.75, 3.05) is 0 Å². The van der Waals surface area contributed by atoms with Gasteiger partial charge in [-0.05, 0) is 37.8 Å². The number of aromatic amines is 1. The van der Waals surface area contributed by atoms with Gasteiger partial charge in [-0.15, -0.1) is 10.2 Å². The molecule has 0 aliphatic heterocycles.